The number of amides is 1. The number of thiophene rings is 1. The molecule has 0 saturated carbocycles. The summed E-state index contributed by atoms with van der Waals surface area (Å²) in [4.78, 5) is 27.2. The molecule has 0 saturated heterocycles. The zero-order chi connectivity index (χ0) is 16.6. The van der Waals surface area contributed by atoms with Crippen LogP contribution in [0.15, 0.2) is 21.9 Å². The lowest BCUT2D eigenvalue weighted by atomic mass is 9.97. The van der Waals surface area contributed by atoms with Crippen molar-refractivity contribution in [1.29, 1.82) is 0 Å². The highest BCUT2D eigenvalue weighted by molar-refractivity contribution is 7.10. The van der Waals surface area contributed by atoms with Crippen LogP contribution in [-0.2, 0) is 12.8 Å². The van der Waals surface area contributed by atoms with Gasteiger partial charge in [0, 0.05) is 23.9 Å². The van der Waals surface area contributed by atoms with Crippen molar-refractivity contribution in [2.45, 2.75) is 39.2 Å². The summed E-state index contributed by atoms with van der Waals surface area (Å²) in [5.74, 6) is -0.815. The Labute approximate surface area is 138 Å². The number of carboxylic acids is 1. The highest BCUT2D eigenvalue weighted by Gasteiger charge is 2.33. The van der Waals surface area contributed by atoms with Crippen LogP contribution in [0.5, 0.6) is 0 Å². The second-order valence-electron chi connectivity index (χ2n) is 5.58. The van der Waals surface area contributed by atoms with E-state index >= 15 is 0 Å². The Morgan fingerprint density at radius 1 is 1.43 bits per heavy atom. The molecule has 3 rings (SSSR count). The Morgan fingerprint density at radius 2 is 2.22 bits per heavy atom. The van der Waals surface area contributed by atoms with E-state index in [2.05, 4.69) is 18.4 Å². The van der Waals surface area contributed by atoms with Crippen LogP contribution in [0.4, 0.5) is 0 Å². The predicted molar refractivity (Wildman–Crippen MR) is 87.1 cm³/mol. The molecular formula is C17H19NO4S. The van der Waals surface area contributed by atoms with Crippen molar-refractivity contribution >= 4 is 23.2 Å². The lowest BCUT2D eigenvalue weighted by Crippen LogP contribution is -2.39. The van der Waals surface area contributed by atoms with Crippen molar-refractivity contribution in [1.82, 2.24) is 4.90 Å². The minimum absolute atomic E-state index is 0.0287. The zero-order valence-corrected chi connectivity index (χ0v) is 14.0. The van der Waals surface area contributed by atoms with Gasteiger partial charge in [-0.1, -0.05) is 13.8 Å². The number of carbonyl (C=O) groups excluding carboxylic acids is 1. The first kappa shape index (κ1) is 15.8. The summed E-state index contributed by atoms with van der Waals surface area (Å²) >= 11 is 1.73. The SMILES string of the molecule is CCc1oc(C(=O)N2CCc3sccc3C2CC)cc1C(=O)O. The molecule has 3 heterocycles. The molecule has 6 heteroatoms. The number of nitrogens with zero attached hydrogens (tertiary/aromatic N) is 1. The molecule has 1 aliphatic rings. The van der Waals surface area contributed by atoms with Gasteiger partial charge in [0.05, 0.1) is 6.04 Å². The van der Waals surface area contributed by atoms with Gasteiger partial charge >= 0.3 is 5.97 Å². The van der Waals surface area contributed by atoms with Gasteiger partial charge in [-0.15, -0.1) is 11.3 Å². The van der Waals surface area contributed by atoms with Gasteiger partial charge in [-0.25, -0.2) is 4.79 Å². The van der Waals surface area contributed by atoms with Gasteiger partial charge in [-0.3, -0.25) is 4.79 Å². The van der Waals surface area contributed by atoms with Gasteiger partial charge in [0.1, 0.15) is 11.3 Å². The van der Waals surface area contributed by atoms with Crippen LogP contribution in [0.1, 0.15) is 63.4 Å². The summed E-state index contributed by atoms with van der Waals surface area (Å²) in [6.45, 7) is 4.50. The third-order valence-electron chi connectivity index (χ3n) is 4.31. The molecule has 5 nitrogen and oxygen atoms in total. The van der Waals surface area contributed by atoms with E-state index in [1.807, 2.05) is 6.92 Å². The normalized spacial score (nSPS) is 17.1. The molecule has 122 valence electrons. The van der Waals surface area contributed by atoms with Crippen molar-refractivity contribution in [3.05, 3.63) is 45.0 Å². The van der Waals surface area contributed by atoms with Crippen LogP contribution >= 0.6 is 11.3 Å². The number of fused-ring (bicyclic) bond motifs is 1. The van der Waals surface area contributed by atoms with Crippen LogP contribution in [-0.4, -0.2) is 28.4 Å². The van der Waals surface area contributed by atoms with Crippen molar-refractivity contribution < 1.29 is 19.1 Å². The summed E-state index contributed by atoms with van der Waals surface area (Å²) in [6, 6.07) is 3.47. The highest BCUT2D eigenvalue weighted by Crippen LogP contribution is 2.36. The summed E-state index contributed by atoms with van der Waals surface area (Å²) in [7, 11) is 0. The van der Waals surface area contributed by atoms with E-state index < -0.39 is 5.97 Å². The maximum atomic E-state index is 12.8. The molecule has 0 aliphatic carbocycles. The van der Waals surface area contributed by atoms with E-state index in [1.165, 1.54) is 16.5 Å². The minimum atomic E-state index is -1.06. The monoisotopic (exact) mass is 333 g/mol. The molecule has 1 unspecified atom stereocenters. The molecule has 2 aromatic rings. The van der Waals surface area contributed by atoms with Crippen LogP contribution in [0.25, 0.3) is 0 Å². The average molecular weight is 333 g/mol. The van der Waals surface area contributed by atoms with Gasteiger partial charge in [-0.05, 0) is 29.9 Å². The third-order valence-corrected chi connectivity index (χ3v) is 5.31. The average Bonchev–Trinajstić information content (AvgIpc) is 3.19. The van der Waals surface area contributed by atoms with E-state index in [4.69, 9.17) is 4.42 Å². The summed E-state index contributed by atoms with van der Waals surface area (Å²) in [5.41, 5.74) is 1.29. The van der Waals surface area contributed by atoms with Gasteiger partial charge in [-0.2, -0.15) is 0 Å². The molecule has 0 fully saturated rings. The lowest BCUT2D eigenvalue weighted by Gasteiger charge is -2.34. The van der Waals surface area contributed by atoms with Crippen LogP contribution < -0.4 is 0 Å². The molecule has 0 spiro atoms. The van der Waals surface area contributed by atoms with E-state index in [0.29, 0.717) is 18.7 Å². The number of carboxylic acid groups (broad SMARTS) is 1. The second kappa shape index (κ2) is 6.20. The zero-order valence-electron chi connectivity index (χ0n) is 13.2. The smallest absolute Gasteiger partial charge is 0.339 e. The number of aryl methyl sites for hydroxylation is 1. The lowest BCUT2D eigenvalue weighted by molar-refractivity contribution is 0.0621. The van der Waals surface area contributed by atoms with Gasteiger partial charge in [0.15, 0.2) is 5.76 Å². The van der Waals surface area contributed by atoms with Crippen molar-refractivity contribution in [2.24, 2.45) is 0 Å². The summed E-state index contributed by atoms with van der Waals surface area (Å²) in [6.07, 6.45) is 2.10. The van der Waals surface area contributed by atoms with Crippen molar-refractivity contribution in [2.75, 3.05) is 6.54 Å². The number of aromatic carboxylic acids is 1. The first-order valence-electron chi connectivity index (χ1n) is 7.80. The fourth-order valence-electron chi connectivity index (χ4n) is 3.20. The Bertz CT molecular complexity index is 746. The molecule has 0 radical (unpaired) electrons. The number of hydrogen-bond acceptors (Lipinski definition) is 4. The molecule has 23 heavy (non-hydrogen) atoms. The van der Waals surface area contributed by atoms with E-state index in [0.717, 1.165) is 12.8 Å². The minimum Gasteiger partial charge on any atom is -0.478 e. The van der Waals surface area contributed by atoms with Crippen LogP contribution in [0.3, 0.4) is 0 Å². The van der Waals surface area contributed by atoms with Crippen molar-refractivity contribution in [3.8, 4) is 0 Å². The van der Waals surface area contributed by atoms with Gasteiger partial charge in [0.25, 0.3) is 5.91 Å². The fraction of sp³-hybridized carbons (Fsp3) is 0.412. The summed E-state index contributed by atoms with van der Waals surface area (Å²) in [5, 5.41) is 11.3. The molecule has 1 aliphatic heterocycles. The highest BCUT2D eigenvalue weighted by atomic mass is 32.1. The van der Waals surface area contributed by atoms with Crippen LogP contribution in [0.2, 0.25) is 0 Å². The maximum Gasteiger partial charge on any atom is 0.339 e. The Balaban J connectivity index is 1.93. The fourth-order valence-corrected chi connectivity index (χ4v) is 4.13. The molecule has 1 atom stereocenters. The number of hydrogen-bond donors (Lipinski definition) is 1. The Kier molecular flexibility index (Phi) is 4.26. The first-order chi connectivity index (χ1) is 11.1. The quantitative estimate of drug-likeness (QED) is 0.925. The topological polar surface area (TPSA) is 70.8 Å². The standard InChI is InChI=1S/C17H19NO4S/c1-3-12-10-6-8-23-15(10)5-7-18(12)16(19)14-9-11(17(20)21)13(4-2)22-14/h6,8-9,12H,3-5,7H2,1-2H3,(H,20,21). The summed E-state index contributed by atoms with van der Waals surface area (Å²) < 4.78 is 5.53. The first-order valence-corrected chi connectivity index (χ1v) is 8.68. The number of carbonyl (C=O) groups is 2. The van der Waals surface area contributed by atoms with Gasteiger partial charge in [0.2, 0.25) is 0 Å². The van der Waals surface area contributed by atoms with E-state index in [1.54, 1.807) is 16.2 Å². The molecule has 2 aromatic heterocycles. The van der Waals surface area contributed by atoms with Crippen molar-refractivity contribution in [3.63, 3.8) is 0 Å². The molecular weight excluding hydrogens is 314 g/mol. The number of rotatable bonds is 4. The van der Waals surface area contributed by atoms with E-state index in [9.17, 15) is 14.7 Å². The van der Waals surface area contributed by atoms with Gasteiger partial charge < -0.3 is 14.4 Å². The molecule has 1 N–H and O–H groups in total. The maximum absolute atomic E-state index is 12.8. The van der Waals surface area contributed by atoms with E-state index in [-0.39, 0.29) is 23.3 Å². The molecule has 0 aromatic carbocycles. The third kappa shape index (κ3) is 2.67. The molecule has 1 amide bonds. The number of furan rings is 1. The Hall–Kier alpha value is -2.08. The molecule has 0 bridgehead atoms. The predicted octanol–water partition coefficient (Wildman–Crippen LogP) is 3.75. The largest absolute Gasteiger partial charge is 0.478 e. The van der Waals surface area contributed by atoms with Crippen LogP contribution in [0, 0.1) is 0 Å². The Morgan fingerprint density at radius 3 is 2.83 bits per heavy atom. The second-order valence-corrected chi connectivity index (χ2v) is 6.58.